The molecule has 0 radical (unpaired) electrons. The second-order valence-corrected chi connectivity index (χ2v) is 5.14. The number of aryl methyl sites for hydroxylation is 1. The zero-order valence-electron chi connectivity index (χ0n) is 10.5. The van der Waals surface area contributed by atoms with Crippen LogP contribution in [0.2, 0.25) is 0 Å². The van der Waals surface area contributed by atoms with Gasteiger partial charge in [-0.25, -0.2) is 0 Å². The Balaban J connectivity index is 2.26. The van der Waals surface area contributed by atoms with Gasteiger partial charge in [0.15, 0.2) is 0 Å². The van der Waals surface area contributed by atoms with Crippen molar-refractivity contribution < 1.29 is 0 Å². The molecule has 1 heterocycles. The van der Waals surface area contributed by atoms with Crippen LogP contribution in [0.25, 0.3) is 0 Å². The number of hydrogen-bond acceptors (Lipinski definition) is 2. The third kappa shape index (κ3) is 2.13. The number of hydrogen-bond donors (Lipinski definition) is 1. The number of nitrogens with two attached hydrogens (primary N) is 1. The highest BCUT2D eigenvalue weighted by atomic mass is 15.2. The van der Waals surface area contributed by atoms with Crippen LogP contribution >= 0.6 is 0 Å². The van der Waals surface area contributed by atoms with Crippen molar-refractivity contribution in [3.63, 3.8) is 0 Å². The summed E-state index contributed by atoms with van der Waals surface area (Å²) in [5.41, 5.74) is 8.91. The number of rotatable bonds is 2. The molecule has 0 spiro atoms. The highest BCUT2D eigenvalue weighted by molar-refractivity contribution is 5.26. The van der Waals surface area contributed by atoms with Gasteiger partial charge in [-0.05, 0) is 32.8 Å². The Hall–Kier alpha value is -0.860. The van der Waals surface area contributed by atoms with Crippen LogP contribution in [0.3, 0.4) is 0 Å². The van der Waals surface area contributed by atoms with Gasteiger partial charge >= 0.3 is 0 Å². The molecule has 2 N–H and O–H groups in total. The van der Waals surface area contributed by atoms with Crippen LogP contribution in [-0.2, 0) is 0 Å². The highest BCUT2D eigenvalue weighted by Gasteiger charge is 2.33. The van der Waals surface area contributed by atoms with E-state index in [9.17, 15) is 0 Å². The molecule has 2 heteroatoms. The van der Waals surface area contributed by atoms with Gasteiger partial charge in [-0.15, -0.1) is 0 Å². The van der Waals surface area contributed by atoms with Crippen molar-refractivity contribution in [1.82, 2.24) is 4.90 Å². The molecule has 1 fully saturated rings. The lowest BCUT2D eigenvalue weighted by molar-refractivity contribution is 0.198. The standard InChI is InChI=1S/C14H22N2/c1-10(2)16-9-8-13(15)14(16)12-6-4-11(3)5-7-12/h4-7,10,13-14H,8-9,15H2,1-3H3. The smallest absolute Gasteiger partial charge is 0.0502 e. The average Bonchev–Trinajstić information content (AvgIpc) is 2.62. The van der Waals surface area contributed by atoms with Crippen LogP contribution in [0.1, 0.15) is 37.4 Å². The highest BCUT2D eigenvalue weighted by Crippen LogP contribution is 2.32. The third-order valence-electron chi connectivity index (χ3n) is 3.57. The second-order valence-electron chi connectivity index (χ2n) is 5.14. The lowest BCUT2D eigenvalue weighted by Crippen LogP contribution is -2.35. The monoisotopic (exact) mass is 218 g/mol. The largest absolute Gasteiger partial charge is 0.326 e. The van der Waals surface area contributed by atoms with E-state index < -0.39 is 0 Å². The Bertz CT molecular complexity index is 342. The molecule has 2 nitrogen and oxygen atoms in total. The summed E-state index contributed by atoms with van der Waals surface area (Å²) in [7, 11) is 0. The molecule has 0 saturated carbocycles. The first-order chi connectivity index (χ1) is 7.59. The summed E-state index contributed by atoms with van der Waals surface area (Å²) in [5, 5.41) is 0. The van der Waals surface area contributed by atoms with Crippen LogP contribution in [0.4, 0.5) is 0 Å². The van der Waals surface area contributed by atoms with Crippen LogP contribution in [0.5, 0.6) is 0 Å². The van der Waals surface area contributed by atoms with Gasteiger partial charge in [-0.1, -0.05) is 29.8 Å². The van der Waals surface area contributed by atoms with Crippen LogP contribution in [0.15, 0.2) is 24.3 Å². The average molecular weight is 218 g/mol. The molecular weight excluding hydrogens is 196 g/mol. The predicted molar refractivity (Wildman–Crippen MR) is 68.4 cm³/mol. The van der Waals surface area contributed by atoms with Crippen LogP contribution in [-0.4, -0.2) is 23.5 Å². The van der Waals surface area contributed by atoms with Gasteiger partial charge < -0.3 is 5.73 Å². The van der Waals surface area contributed by atoms with E-state index in [1.807, 2.05) is 0 Å². The van der Waals surface area contributed by atoms with Gasteiger partial charge in [0.25, 0.3) is 0 Å². The van der Waals surface area contributed by atoms with E-state index in [-0.39, 0.29) is 6.04 Å². The zero-order chi connectivity index (χ0) is 11.7. The molecule has 1 aromatic carbocycles. The topological polar surface area (TPSA) is 29.3 Å². The minimum Gasteiger partial charge on any atom is -0.326 e. The van der Waals surface area contributed by atoms with E-state index in [2.05, 4.69) is 49.9 Å². The van der Waals surface area contributed by atoms with Gasteiger partial charge in [-0.3, -0.25) is 4.90 Å². The Labute approximate surface area is 98.4 Å². The van der Waals surface area contributed by atoms with Gasteiger partial charge in [-0.2, -0.15) is 0 Å². The fraction of sp³-hybridized carbons (Fsp3) is 0.571. The molecule has 0 bridgehead atoms. The maximum Gasteiger partial charge on any atom is 0.0502 e. The molecule has 1 aromatic rings. The van der Waals surface area contributed by atoms with Crippen molar-refractivity contribution >= 4 is 0 Å². The van der Waals surface area contributed by atoms with Gasteiger partial charge in [0.05, 0.1) is 6.04 Å². The summed E-state index contributed by atoms with van der Waals surface area (Å²) in [6.07, 6.45) is 1.11. The molecule has 2 rings (SSSR count). The SMILES string of the molecule is Cc1ccc(C2C(N)CCN2C(C)C)cc1. The molecule has 0 amide bonds. The molecule has 1 saturated heterocycles. The van der Waals surface area contributed by atoms with E-state index in [1.54, 1.807) is 0 Å². The summed E-state index contributed by atoms with van der Waals surface area (Å²) < 4.78 is 0. The fourth-order valence-electron chi connectivity index (χ4n) is 2.62. The number of benzene rings is 1. The zero-order valence-corrected chi connectivity index (χ0v) is 10.5. The predicted octanol–water partition coefficient (Wildman–Crippen LogP) is 2.48. The molecule has 2 unspecified atom stereocenters. The molecule has 1 aliphatic rings. The van der Waals surface area contributed by atoms with Crippen molar-refractivity contribution in [1.29, 1.82) is 0 Å². The molecule has 16 heavy (non-hydrogen) atoms. The third-order valence-corrected chi connectivity index (χ3v) is 3.57. The van der Waals surface area contributed by atoms with Gasteiger partial charge in [0.2, 0.25) is 0 Å². The Morgan fingerprint density at radius 2 is 1.88 bits per heavy atom. The second kappa shape index (κ2) is 4.56. The first-order valence-electron chi connectivity index (χ1n) is 6.17. The fourth-order valence-corrected chi connectivity index (χ4v) is 2.62. The summed E-state index contributed by atoms with van der Waals surface area (Å²) in [6.45, 7) is 7.74. The van der Waals surface area contributed by atoms with Crippen LogP contribution in [0, 0.1) is 6.92 Å². The molecule has 2 atom stereocenters. The Morgan fingerprint density at radius 3 is 2.44 bits per heavy atom. The van der Waals surface area contributed by atoms with E-state index in [0.29, 0.717) is 12.1 Å². The maximum atomic E-state index is 6.24. The van der Waals surface area contributed by atoms with E-state index in [0.717, 1.165) is 13.0 Å². The summed E-state index contributed by atoms with van der Waals surface area (Å²) in [5.74, 6) is 0. The van der Waals surface area contributed by atoms with Gasteiger partial charge in [0, 0.05) is 18.6 Å². The molecule has 0 aromatic heterocycles. The van der Waals surface area contributed by atoms with Crippen molar-refractivity contribution in [2.75, 3.05) is 6.54 Å². The van der Waals surface area contributed by atoms with E-state index in [4.69, 9.17) is 5.73 Å². The lowest BCUT2D eigenvalue weighted by Gasteiger charge is -2.30. The van der Waals surface area contributed by atoms with Crippen LogP contribution < -0.4 is 5.73 Å². The van der Waals surface area contributed by atoms with Crippen molar-refractivity contribution in [2.45, 2.75) is 45.3 Å². The van der Waals surface area contributed by atoms with E-state index >= 15 is 0 Å². The van der Waals surface area contributed by atoms with Crippen molar-refractivity contribution in [2.24, 2.45) is 5.73 Å². The van der Waals surface area contributed by atoms with Gasteiger partial charge in [0.1, 0.15) is 0 Å². The number of likely N-dealkylation sites (tertiary alicyclic amines) is 1. The van der Waals surface area contributed by atoms with Crippen molar-refractivity contribution in [3.8, 4) is 0 Å². The molecule has 0 aliphatic carbocycles. The molecular formula is C14H22N2. The first kappa shape index (κ1) is 11.6. The van der Waals surface area contributed by atoms with Crippen molar-refractivity contribution in [3.05, 3.63) is 35.4 Å². The minimum absolute atomic E-state index is 0.283. The quantitative estimate of drug-likeness (QED) is 0.826. The molecule has 1 aliphatic heterocycles. The van der Waals surface area contributed by atoms with E-state index in [1.165, 1.54) is 11.1 Å². The maximum absolute atomic E-state index is 6.24. The lowest BCUT2D eigenvalue weighted by atomic mass is 9.99. The Morgan fingerprint density at radius 1 is 1.25 bits per heavy atom. The Kier molecular flexibility index (Phi) is 3.31. The normalized spacial score (nSPS) is 26.6. The molecule has 88 valence electrons. The number of nitrogens with zero attached hydrogens (tertiary/aromatic N) is 1. The summed E-state index contributed by atoms with van der Waals surface area (Å²) in [4.78, 5) is 2.51. The first-order valence-corrected chi connectivity index (χ1v) is 6.17. The summed E-state index contributed by atoms with van der Waals surface area (Å²) in [6, 6.07) is 10.1. The minimum atomic E-state index is 0.283. The summed E-state index contributed by atoms with van der Waals surface area (Å²) >= 11 is 0.